The lowest BCUT2D eigenvalue weighted by atomic mass is 10.1. The predicted octanol–water partition coefficient (Wildman–Crippen LogP) is 1.63. The molecular formula is C12H15IN2O2. The molecule has 0 fully saturated rings. The predicted molar refractivity (Wildman–Crippen MR) is 74.5 cm³/mol. The molecule has 0 radical (unpaired) electrons. The molecule has 0 spiro atoms. The minimum atomic E-state index is -0.502. The lowest BCUT2D eigenvalue weighted by Gasteiger charge is -2.25. The highest BCUT2D eigenvalue weighted by Crippen LogP contribution is 2.12. The van der Waals surface area contributed by atoms with Gasteiger partial charge in [-0.2, -0.15) is 0 Å². The van der Waals surface area contributed by atoms with Gasteiger partial charge in [0.2, 0.25) is 5.91 Å². The van der Waals surface area contributed by atoms with E-state index in [0.29, 0.717) is 5.56 Å². The van der Waals surface area contributed by atoms with E-state index in [1.165, 1.54) is 4.90 Å². The standard InChI is InChI=1S/C12H15IN2O2/c1-8(2)15(7-11(14)16)12(17)9-4-3-5-10(13)6-9/h3-6,8H,7H2,1-2H3,(H2,14,16). The number of benzene rings is 1. The van der Waals surface area contributed by atoms with Gasteiger partial charge in [0, 0.05) is 15.2 Å². The van der Waals surface area contributed by atoms with Crippen molar-refractivity contribution in [1.82, 2.24) is 4.90 Å². The fourth-order valence-corrected chi connectivity index (χ4v) is 1.99. The van der Waals surface area contributed by atoms with E-state index in [1.54, 1.807) is 12.1 Å². The first-order valence-electron chi connectivity index (χ1n) is 5.26. The summed E-state index contributed by atoms with van der Waals surface area (Å²) < 4.78 is 0.983. The molecule has 5 heteroatoms. The number of nitrogens with zero attached hydrogens (tertiary/aromatic N) is 1. The number of carbonyl (C=O) groups is 2. The van der Waals surface area contributed by atoms with E-state index in [2.05, 4.69) is 22.6 Å². The number of halogens is 1. The molecule has 1 rings (SSSR count). The second-order valence-electron chi connectivity index (χ2n) is 4.00. The Kier molecular flexibility index (Phi) is 4.92. The zero-order valence-corrected chi connectivity index (χ0v) is 12.0. The zero-order valence-electron chi connectivity index (χ0n) is 9.81. The van der Waals surface area contributed by atoms with E-state index in [0.717, 1.165) is 3.57 Å². The summed E-state index contributed by atoms with van der Waals surface area (Å²) >= 11 is 2.14. The maximum atomic E-state index is 12.2. The van der Waals surface area contributed by atoms with Crippen LogP contribution in [0.3, 0.4) is 0 Å². The first-order valence-corrected chi connectivity index (χ1v) is 6.34. The van der Waals surface area contributed by atoms with Crippen molar-refractivity contribution in [3.05, 3.63) is 33.4 Å². The molecule has 0 saturated carbocycles. The van der Waals surface area contributed by atoms with Crippen LogP contribution in [0.15, 0.2) is 24.3 Å². The lowest BCUT2D eigenvalue weighted by Crippen LogP contribution is -2.42. The van der Waals surface area contributed by atoms with Crippen LogP contribution in [0.25, 0.3) is 0 Å². The van der Waals surface area contributed by atoms with E-state index in [-0.39, 0.29) is 18.5 Å². The van der Waals surface area contributed by atoms with E-state index in [9.17, 15) is 9.59 Å². The molecule has 1 aromatic rings. The molecule has 92 valence electrons. The molecule has 0 unspecified atom stereocenters. The van der Waals surface area contributed by atoms with Gasteiger partial charge >= 0.3 is 0 Å². The number of carbonyl (C=O) groups excluding carboxylic acids is 2. The van der Waals surface area contributed by atoms with E-state index >= 15 is 0 Å². The molecule has 0 saturated heterocycles. The van der Waals surface area contributed by atoms with Crippen LogP contribution < -0.4 is 5.73 Å². The summed E-state index contributed by atoms with van der Waals surface area (Å²) in [5, 5.41) is 0. The fraction of sp³-hybridized carbons (Fsp3) is 0.333. The summed E-state index contributed by atoms with van der Waals surface area (Å²) in [5.41, 5.74) is 5.72. The Hall–Kier alpha value is -1.11. The van der Waals surface area contributed by atoms with Gasteiger partial charge in [-0.05, 0) is 54.6 Å². The molecule has 4 nitrogen and oxygen atoms in total. The second kappa shape index (κ2) is 6.00. The Morgan fingerprint density at radius 3 is 2.53 bits per heavy atom. The summed E-state index contributed by atoms with van der Waals surface area (Å²) in [6.45, 7) is 3.66. The summed E-state index contributed by atoms with van der Waals surface area (Å²) in [5.74, 6) is -0.671. The van der Waals surface area contributed by atoms with E-state index in [1.807, 2.05) is 26.0 Å². The summed E-state index contributed by atoms with van der Waals surface area (Å²) in [7, 11) is 0. The Morgan fingerprint density at radius 2 is 2.06 bits per heavy atom. The molecule has 0 bridgehead atoms. The highest BCUT2D eigenvalue weighted by molar-refractivity contribution is 14.1. The van der Waals surface area contributed by atoms with Crippen molar-refractivity contribution in [2.45, 2.75) is 19.9 Å². The molecular weight excluding hydrogens is 331 g/mol. The van der Waals surface area contributed by atoms with Gasteiger partial charge in [-0.15, -0.1) is 0 Å². The molecule has 0 aliphatic carbocycles. The van der Waals surface area contributed by atoms with Crippen LogP contribution in [0.4, 0.5) is 0 Å². The third-order valence-electron chi connectivity index (χ3n) is 2.28. The Bertz CT molecular complexity index is 432. The van der Waals surface area contributed by atoms with Crippen molar-refractivity contribution in [2.24, 2.45) is 5.73 Å². The van der Waals surface area contributed by atoms with Gasteiger partial charge < -0.3 is 10.6 Å². The highest BCUT2D eigenvalue weighted by atomic mass is 127. The molecule has 17 heavy (non-hydrogen) atoms. The molecule has 0 atom stereocenters. The number of hydrogen-bond donors (Lipinski definition) is 1. The normalized spacial score (nSPS) is 10.4. The highest BCUT2D eigenvalue weighted by Gasteiger charge is 2.20. The molecule has 2 amide bonds. The summed E-state index contributed by atoms with van der Waals surface area (Å²) in [4.78, 5) is 24.6. The summed E-state index contributed by atoms with van der Waals surface area (Å²) in [6.07, 6.45) is 0. The Balaban J connectivity index is 2.95. The van der Waals surface area contributed by atoms with Crippen LogP contribution in [0.1, 0.15) is 24.2 Å². The van der Waals surface area contributed by atoms with Gasteiger partial charge in [0.15, 0.2) is 0 Å². The average Bonchev–Trinajstić information content (AvgIpc) is 2.24. The van der Waals surface area contributed by atoms with Gasteiger partial charge in [-0.25, -0.2) is 0 Å². The fourth-order valence-electron chi connectivity index (χ4n) is 1.44. The van der Waals surface area contributed by atoms with Crippen LogP contribution in [0.5, 0.6) is 0 Å². The van der Waals surface area contributed by atoms with Crippen molar-refractivity contribution in [3.63, 3.8) is 0 Å². The van der Waals surface area contributed by atoms with Crippen LogP contribution in [-0.4, -0.2) is 29.3 Å². The van der Waals surface area contributed by atoms with Crippen LogP contribution in [0.2, 0.25) is 0 Å². The number of hydrogen-bond acceptors (Lipinski definition) is 2. The largest absolute Gasteiger partial charge is 0.368 e. The number of primary amides is 1. The quantitative estimate of drug-likeness (QED) is 0.843. The van der Waals surface area contributed by atoms with Crippen molar-refractivity contribution < 1.29 is 9.59 Å². The first kappa shape index (κ1) is 14.0. The van der Waals surface area contributed by atoms with Gasteiger partial charge in [0.1, 0.15) is 0 Å². The average molecular weight is 346 g/mol. The zero-order chi connectivity index (χ0) is 13.0. The topological polar surface area (TPSA) is 63.4 Å². The van der Waals surface area contributed by atoms with Gasteiger partial charge in [-0.3, -0.25) is 9.59 Å². The minimum absolute atomic E-state index is 0.0536. The van der Waals surface area contributed by atoms with Gasteiger partial charge in [0.25, 0.3) is 5.91 Å². The van der Waals surface area contributed by atoms with Crippen molar-refractivity contribution >= 4 is 34.4 Å². The van der Waals surface area contributed by atoms with E-state index in [4.69, 9.17) is 5.73 Å². The maximum Gasteiger partial charge on any atom is 0.254 e. The third-order valence-corrected chi connectivity index (χ3v) is 2.95. The van der Waals surface area contributed by atoms with Crippen LogP contribution in [-0.2, 0) is 4.79 Å². The molecule has 0 aliphatic rings. The number of amides is 2. The van der Waals surface area contributed by atoms with Crippen LogP contribution >= 0.6 is 22.6 Å². The van der Waals surface area contributed by atoms with Gasteiger partial charge in [0.05, 0.1) is 6.54 Å². The maximum absolute atomic E-state index is 12.2. The third kappa shape index (κ3) is 3.99. The van der Waals surface area contributed by atoms with Crippen LogP contribution in [0, 0.1) is 3.57 Å². The summed E-state index contributed by atoms with van der Waals surface area (Å²) in [6, 6.07) is 7.19. The molecule has 1 aromatic carbocycles. The Morgan fingerprint density at radius 1 is 1.41 bits per heavy atom. The van der Waals surface area contributed by atoms with Crippen molar-refractivity contribution in [1.29, 1.82) is 0 Å². The van der Waals surface area contributed by atoms with E-state index < -0.39 is 5.91 Å². The lowest BCUT2D eigenvalue weighted by molar-refractivity contribution is -0.119. The number of rotatable bonds is 4. The van der Waals surface area contributed by atoms with Gasteiger partial charge in [-0.1, -0.05) is 6.07 Å². The molecule has 0 heterocycles. The second-order valence-corrected chi connectivity index (χ2v) is 5.25. The Labute approximate surface area is 114 Å². The monoisotopic (exact) mass is 346 g/mol. The SMILES string of the molecule is CC(C)N(CC(N)=O)C(=O)c1cccc(I)c1. The smallest absolute Gasteiger partial charge is 0.254 e. The first-order chi connectivity index (χ1) is 7.91. The molecule has 2 N–H and O–H groups in total. The molecule has 0 aliphatic heterocycles. The number of nitrogens with two attached hydrogens (primary N) is 1. The molecule has 0 aromatic heterocycles. The van der Waals surface area contributed by atoms with Crippen molar-refractivity contribution in [3.8, 4) is 0 Å². The minimum Gasteiger partial charge on any atom is -0.368 e. The van der Waals surface area contributed by atoms with Crippen molar-refractivity contribution in [2.75, 3.05) is 6.54 Å².